The van der Waals surface area contributed by atoms with Gasteiger partial charge in [-0.3, -0.25) is 14.5 Å². The molecule has 9 heteroatoms. The van der Waals surface area contributed by atoms with Gasteiger partial charge in [0, 0.05) is 0 Å². The molecule has 2 aromatic carbocycles. The summed E-state index contributed by atoms with van der Waals surface area (Å²) in [6.45, 7) is -0.154. The number of carbonyl (C=O) groups excluding carboxylic acids is 3. The Hall–Kier alpha value is -2.84. The number of carbonyl (C=O) groups is 3. The van der Waals surface area contributed by atoms with Gasteiger partial charge in [0.05, 0.1) is 33.8 Å². The lowest BCUT2D eigenvalue weighted by molar-refractivity contribution is -0.142. The zero-order valence-electron chi connectivity index (χ0n) is 15.8. The fourth-order valence-corrected chi connectivity index (χ4v) is 4.18. The first kappa shape index (κ1) is 21.9. The van der Waals surface area contributed by atoms with Crippen LogP contribution in [-0.4, -0.2) is 35.7 Å². The Kier molecular flexibility index (Phi) is 7.12. The summed E-state index contributed by atoms with van der Waals surface area (Å²) < 4.78 is 10.7. The minimum absolute atomic E-state index is 0.0452. The van der Waals surface area contributed by atoms with Crippen molar-refractivity contribution in [2.24, 2.45) is 0 Å². The second-order valence-electron chi connectivity index (χ2n) is 6.09. The van der Waals surface area contributed by atoms with Gasteiger partial charge in [0.15, 0.2) is 6.61 Å². The number of imide groups is 1. The summed E-state index contributed by atoms with van der Waals surface area (Å²) in [6, 6.07) is 14.1. The molecule has 0 spiro atoms. The summed E-state index contributed by atoms with van der Waals surface area (Å²) >= 11 is 2.92. The maximum Gasteiger partial charge on any atom is 0.343 e. The van der Waals surface area contributed by atoms with E-state index in [4.69, 9.17) is 4.74 Å². The molecule has 0 atom stereocenters. The van der Waals surface area contributed by atoms with Crippen molar-refractivity contribution < 1.29 is 23.9 Å². The number of hydrogen-bond acceptors (Lipinski definition) is 7. The lowest BCUT2D eigenvalue weighted by atomic mass is 10.1. The van der Waals surface area contributed by atoms with Crippen LogP contribution in [0, 0.1) is 14.9 Å². The summed E-state index contributed by atoms with van der Waals surface area (Å²) in [5.74, 6) is -0.375. The number of rotatable bonds is 6. The molecule has 0 radical (unpaired) electrons. The Balaban J connectivity index is 1.76. The van der Waals surface area contributed by atoms with E-state index in [2.05, 4.69) is 33.4 Å². The quantitative estimate of drug-likeness (QED) is 0.315. The average Bonchev–Trinajstić information content (AvgIpc) is 3.00. The van der Waals surface area contributed by atoms with E-state index in [1.54, 1.807) is 48.5 Å². The molecule has 0 aliphatic carbocycles. The van der Waals surface area contributed by atoms with E-state index in [-0.39, 0.29) is 18.4 Å². The number of thioether (sulfide) groups is 1. The smallest absolute Gasteiger partial charge is 0.343 e. The molecular weight excluding hydrogens is 519 g/mol. The zero-order valence-corrected chi connectivity index (χ0v) is 18.7. The third-order valence-electron chi connectivity index (χ3n) is 4.17. The number of hydrogen-bond donors (Lipinski definition) is 0. The SMILES string of the molecule is COC(=O)COc1ccc(/C=C2/SC(=O)N(Cc3ccccc3C#N)C2=O)cc1I. The number of methoxy groups -OCH3 is 1. The maximum atomic E-state index is 12.7. The number of esters is 1. The Bertz CT molecular complexity index is 1090. The molecule has 3 rings (SSSR count). The monoisotopic (exact) mass is 534 g/mol. The molecule has 30 heavy (non-hydrogen) atoms. The first-order valence-electron chi connectivity index (χ1n) is 8.65. The largest absolute Gasteiger partial charge is 0.481 e. The molecule has 0 N–H and O–H groups in total. The second-order valence-corrected chi connectivity index (χ2v) is 8.25. The number of halogens is 1. The molecule has 0 unspecified atom stereocenters. The van der Waals surface area contributed by atoms with Crippen molar-refractivity contribution in [3.05, 3.63) is 67.6 Å². The van der Waals surface area contributed by atoms with Crippen LogP contribution in [0.4, 0.5) is 4.79 Å². The molecule has 7 nitrogen and oxygen atoms in total. The molecule has 1 aliphatic heterocycles. The van der Waals surface area contributed by atoms with Gasteiger partial charge in [0.1, 0.15) is 5.75 Å². The van der Waals surface area contributed by atoms with E-state index in [1.165, 1.54) is 7.11 Å². The van der Waals surface area contributed by atoms with E-state index < -0.39 is 11.9 Å². The highest BCUT2D eigenvalue weighted by molar-refractivity contribution is 14.1. The molecule has 2 aromatic rings. The third-order valence-corrected chi connectivity index (χ3v) is 5.92. The van der Waals surface area contributed by atoms with Gasteiger partial charge in [-0.1, -0.05) is 24.3 Å². The van der Waals surface area contributed by atoms with E-state index in [0.29, 0.717) is 27.3 Å². The van der Waals surface area contributed by atoms with E-state index in [1.807, 2.05) is 0 Å². The number of amides is 2. The van der Waals surface area contributed by atoms with Crippen LogP contribution in [0.3, 0.4) is 0 Å². The van der Waals surface area contributed by atoms with Crippen molar-refractivity contribution in [2.75, 3.05) is 13.7 Å². The van der Waals surface area contributed by atoms with Gasteiger partial charge >= 0.3 is 5.97 Å². The van der Waals surface area contributed by atoms with Gasteiger partial charge in [-0.2, -0.15) is 5.26 Å². The maximum absolute atomic E-state index is 12.7. The summed E-state index contributed by atoms with van der Waals surface area (Å²) in [6.07, 6.45) is 1.63. The van der Waals surface area contributed by atoms with Crippen molar-refractivity contribution in [3.8, 4) is 11.8 Å². The molecule has 152 valence electrons. The fraction of sp³-hybridized carbons (Fsp3) is 0.143. The topological polar surface area (TPSA) is 96.7 Å². The molecule has 1 heterocycles. The zero-order chi connectivity index (χ0) is 21.7. The first-order valence-corrected chi connectivity index (χ1v) is 10.5. The van der Waals surface area contributed by atoms with Gasteiger partial charge in [-0.25, -0.2) is 4.79 Å². The summed E-state index contributed by atoms with van der Waals surface area (Å²) in [5, 5.41) is 8.83. The Morgan fingerprint density at radius 2 is 2.03 bits per heavy atom. The van der Waals surface area contributed by atoms with Crippen LogP contribution in [0.5, 0.6) is 5.75 Å². The predicted molar refractivity (Wildman–Crippen MR) is 119 cm³/mol. The van der Waals surface area contributed by atoms with Crippen molar-refractivity contribution in [3.63, 3.8) is 0 Å². The normalized spacial score (nSPS) is 14.7. The van der Waals surface area contributed by atoms with Gasteiger partial charge < -0.3 is 9.47 Å². The molecule has 1 aliphatic rings. The Morgan fingerprint density at radius 3 is 2.73 bits per heavy atom. The fourth-order valence-electron chi connectivity index (χ4n) is 2.64. The highest BCUT2D eigenvalue weighted by Gasteiger charge is 2.35. The van der Waals surface area contributed by atoms with Crippen LogP contribution in [0.25, 0.3) is 6.08 Å². The van der Waals surface area contributed by atoms with Crippen molar-refractivity contribution in [1.82, 2.24) is 4.90 Å². The molecule has 0 saturated carbocycles. The van der Waals surface area contributed by atoms with Crippen molar-refractivity contribution >= 4 is 57.5 Å². The predicted octanol–water partition coefficient (Wildman–Crippen LogP) is 3.95. The van der Waals surface area contributed by atoms with Crippen molar-refractivity contribution in [1.29, 1.82) is 5.26 Å². The van der Waals surface area contributed by atoms with E-state index in [9.17, 15) is 19.6 Å². The number of ether oxygens (including phenoxy) is 2. The lowest BCUT2D eigenvalue weighted by Gasteiger charge is -2.13. The minimum atomic E-state index is -0.485. The summed E-state index contributed by atoms with van der Waals surface area (Å²) in [7, 11) is 1.28. The number of nitrogens with zero attached hydrogens (tertiary/aromatic N) is 2. The average molecular weight is 534 g/mol. The van der Waals surface area contributed by atoms with Crippen LogP contribution in [0.2, 0.25) is 0 Å². The standard InChI is InChI=1S/C21H15IN2O5S/c1-28-19(25)12-29-17-7-6-13(8-16(17)22)9-18-20(26)24(21(27)30-18)11-15-5-3-2-4-14(15)10-23/h2-9H,11-12H2,1H3/b18-9+. The highest BCUT2D eigenvalue weighted by atomic mass is 127. The van der Waals surface area contributed by atoms with Gasteiger partial charge in [0.2, 0.25) is 0 Å². The Labute approximate surface area is 190 Å². The highest BCUT2D eigenvalue weighted by Crippen LogP contribution is 2.34. The van der Waals surface area contributed by atoms with Gasteiger partial charge in [-0.15, -0.1) is 0 Å². The summed E-state index contributed by atoms with van der Waals surface area (Å²) in [4.78, 5) is 37.7. The number of nitriles is 1. The molecule has 1 fully saturated rings. The van der Waals surface area contributed by atoms with E-state index in [0.717, 1.165) is 20.2 Å². The Morgan fingerprint density at radius 1 is 1.27 bits per heavy atom. The summed E-state index contributed by atoms with van der Waals surface area (Å²) in [5.41, 5.74) is 1.76. The van der Waals surface area contributed by atoms with Crippen LogP contribution in [0.1, 0.15) is 16.7 Å². The van der Waals surface area contributed by atoms with Crippen LogP contribution in [-0.2, 0) is 20.9 Å². The van der Waals surface area contributed by atoms with E-state index >= 15 is 0 Å². The molecular formula is C21H15IN2O5S. The van der Waals surface area contributed by atoms with Gasteiger partial charge in [0.25, 0.3) is 11.1 Å². The molecule has 0 bridgehead atoms. The molecule has 0 aromatic heterocycles. The lowest BCUT2D eigenvalue weighted by Crippen LogP contribution is -2.27. The molecule has 2 amide bonds. The molecule has 1 saturated heterocycles. The van der Waals surface area contributed by atoms with Crippen LogP contribution < -0.4 is 4.74 Å². The van der Waals surface area contributed by atoms with Crippen molar-refractivity contribution in [2.45, 2.75) is 6.54 Å². The first-order chi connectivity index (χ1) is 14.4. The van der Waals surface area contributed by atoms with Gasteiger partial charge in [-0.05, 0) is 69.8 Å². The third kappa shape index (κ3) is 5.01. The second kappa shape index (κ2) is 9.77. The van der Waals surface area contributed by atoms with Crippen LogP contribution in [0.15, 0.2) is 47.4 Å². The van der Waals surface area contributed by atoms with Crippen LogP contribution >= 0.6 is 34.4 Å². The number of benzene rings is 2. The minimum Gasteiger partial charge on any atom is -0.481 e.